The summed E-state index contributed by atoms with van der Waals surface area (Å²) in [5.41, 5.74) is 6.03. The highest BCUT2D eigenvalue weighted by Crippen LogP contribution is 2.27. The Bertz CT molecular complexity index is 323. The molecule has 0 radical (unpaired) electrons. The summed E-state index contributed by atoms with van der Waals surface area (Å²) in [6.07, 6.45) is 3.35. The lowest BCUT2D eigenvalue weighted by molar-refractivity contribution is -0.139. The lowest BCUT2D eigenvalue weighted by Gasteiger charge is -2.39. The molecule has 0 saturated carbocycles. The monoisotopic (exact) mass is 267 g/mol. The second kappa shape index (κ2) is 5.80. The number of rotatable bonds is 2. The molecule has 0 aliphatic carbocycles. The Hall–Kier alpha value is -0.610. The summed E-state index contributed by atoms with van der Waals surface area (Å²) in [4.78, 5) is 17.1. The lowest BCUT2D eigenvalue weighted by Crippen LogP contribution is -2.55. The van der Waals surface area contributed by atoms with E-state index in [1.165, 1.54) is 12.8 Å². The van der Waals surface area contributed by atoms with Crippen molar-refractivity contribution >= 4 is 5.91 Å². The number of piperidine rings is 1. The Labute approximate surface area is 117 Å². The molecule has 2 heterocycles. The second-order valence-corrected chi connectivity index (χ2v) is 6.61. The van der Waals surface area contributed by atoms with Crippen molar-refractivity contribution in [3.05, 3.63) is 0 Å². The molecule has 4 heteroatoms. The van der Waals surface area contributed by atoms with Crippen LogP contribution < -0.4 is 5.73 Å². The number of nitrogens with zero attached hydrogens (tertiary/aromatic N) is 2. The highest BCUT2D eigenvalue weighted by molar-refractivity contribution is 5.81. The predicted molar refractivity (Wildman–Crippen MR) is 77.8 cm³/mol. The zero-order chi connectivity index (χ0) is 14.2. The van der Waals surface area contributed by atoms with Gasteiger partial charge in [-0.25, -0.2) is 0 Å². The summed E-state index contributed by atoms with van der Waals surface area (Å²) in [6.45, 7) is 10.3. The van der Waals surface area contributed by atoms with Crippen molar-refractivity contribution in [3.8, 4) is 0 Å². The van der Waals surface area contributed by atoms with Gasteiger partial charge in [-0.15, -0.1) is 0 Å². The molecule has 0 aromatic rings. The third kappa shape index (κ3) is 2.95. The van der Waals surface area contributed by atoms with Gasteiger partial charge in [0.05, 0.1) is 6.04 Å². The molecule has 0 aromatic heterocycles. The van der Waals surface area contributed by atoms with Crippen LogP contribution in [0.25, 0.3) is 0 Å². The number of nitrogens with two attached hydrogens (primary N) is 1. The zero-order valence-corrected chi connectivity index (χ0v) is 12.8. The number of amides is 1. The smallest absolute Gasteiger partial charge is 0.239 e. The van der Waals surface area contributed by atoms with Crippen LogP contribution in [0.4, 0.5) is 0 Å². The van der Waals surface area contributed by atoms with E-state index in [9.17, 15) is 4.79 Å². The van der Waals surface area contributed by atoms with Crippen LogP contribution in [0.3, 0.4) is 0 Å². The first-order valence-electron chi connectivity index (χ1n) is 7.73. The van der Waals surface area contributed by atoms with Crippen LogP contribution in [0.15, 0.2) is 0 Å². The molecule has 2 aliphatic rings. The van der Waals surface area contributed by atoms with Gasteiger partial charge in [-0.3, -0.25) is 9.69 Å². The molecular weight excluding hydrogens is 238 g/mol. The van der Waals surface area contributed by atoms with Crippen molar-refractivity contribution in [2.45, 2.75) is 71.1 Å². The largest absolute Gasteiger partial charge is 0.341 e. The first kappa shape index (κ1) is 14.8. The quantitative estimate of drug-likeness (QED) is 0.824. The standard InChI is InChI=1S/C15H29N3O/c1-10-9-17(8-7-14(10)16)15(19)13(4)18-11(2)5-6-12(18)3/h10-14H,5-9,16H2,1-4H3. The van der Waals surface area contributed by atoms with Gasteiger partial charge in [0.25, 0.3) is 0 Å². The highest BCUT2D eigenvalue weighted by Gasteiger charge is 2.37. The molecule has 0 spiro atoms. The minimum atomic E-state index is 0.00836. The first-order chi connectivity index (χ1) is 8.91. The molecule has 5 unspecified atom stereocenters. The van der Waals surface area contributed by atoms with E-state index >= 15 is 0 Å². The number of likely N-dealkylation sites (tertiary alicyclic amines) is 2. The van der Waals surface area contributed by atoms with Gasteiger partial charge in [0, 0.05) is 31.2 Å². The summed E-state index contributed by atoms with van der Waals surface area (Å²) in [7, 11) is 0. The van der Waals surface area contributed by atoms with Gasteiger partial charge in [-0.1, -0.05) is 6.92 Å². The Morgan fingerprint density at radius 2 is 1.74 bits per heavy atom. The Kier molecular flexibility index (Phi) is 4.51. The van der Waals surface area contributed by atoms with Crippen LogP contribution >= 0.6 is 0 Å². The molecule has 4 nitrogen and oxygen atoms in total. The average molecular weight is 267 g/mol. The minimum absolute atomic E-state index is 0.00836. The summed E-state index contributed by atoms with van der Waals surface area (Å²) < 4.78 is 0. The SMILES string of the molecule is CC1CN(C(=O)C(C)N2C(C)CCC2C)CCC1N. The maximum atomic E-state index is 12.7. The first-order valence-corrected chi connectivity index (χ1v) is 7.73. The van der Waals surface area contributed by atoms with E-state index in [2.05, 4.69) is 32.6 Å². The Morgan fingerprint density at radius 1 is 1.16 bits per heavy atom. The summed E-state index contributed by atoms with van der Waals surface area (Å²) in [6, 6.07) is 1.31. The van der Waals surface area contributed by atoms with Gasteiger partial charge in [-0.2, -0.15) is 0 Å². The molecule has 2 rings (SSSR count). The Morgan fingerprint density at radius 3 is 2.26 bits per heavy atom. The fourth-order valence-corrected chi connectivity index (χ4v) is 3.73. The Balaban J connectivity index is 1.99. The van der Waals surface area contributed by atoms with E-state index < -0.39 is 0 Å². The van der Waals surface area contributed by atoms with Crippen molar-refractivity contribution in [2.24, 2.45) is 11.7 Å². The number of hydrogen-bond acceptors (Lipinski definition) is 3. The second-order valence-electron chi connectivity index (χ2n) is 6.61. The molecule has 110 valence electrons. The normalized spacial score (nSPS) is 38.5. The van der Waals surface area contributed by atoms with Crippen molar-refractivity contribution < 1.29 is 4.79 Å². The van der Waals surface area contributed by atoms with E-state index in [1.54, 1.807) is 0 Å². The van der Waals surface area contributed by atoms with E-state index in [1.807, 2.05) is 4.90 Å². The maximum Gasteiger partial charge on any atom is 0.239 e. The lowest BCUT2D eigenvalue weighted by atomic mass is 9.94. The fraction of sp³-hybridized carbons (Fsp3) is 0.933. The molecule has 2 N–H and O–H groups in total. The van der Waals surface area contributed by atoms with Gasteiger partial charge in [0.1, 0.15) is 0 Å². The minimum Gasteiger partial charge on any atom is -0.341 e. The van der Waals surface area contributed by atoms with Crippen LogP contribution in [0.1, 0.15) is 47.0 Å². The molecule has 1 amide bonds. The molecule has 0 bridgehead atoms. The molecule has 2 fully saturated rings. The summed E-state index contributed by atoms with van der Waals surface area (Å²) in [5, 5.41) is 0. The third-order valence-electron chi connectivity index (χ3n) is 5.11. The zero-order valence-electron chi connectivity index (χ0n) is 12.8. The third-order valence-corrected chi connectivity index (χ3v) is 5.11. The van der Waals surface area contributed by atoms with Crippen LogP contribution in [-0.4, -0.2) is 53.0 Å². The fourth-order valence-electron chi connectivity index (χ4n) is 3.73. The number of carbonyl (C=O) groups excluding carboxylic acids is 1. The topological polar surface area (TPSA) is 49.6 Å². The molecular formula is C15H29N3O. The number of hydrogen-bond donors (Lipinski definition) is 1. The predicted octanol–water partition coefficient (Wildman–Crippen LogP) is 1.44. The van der Waals surface area contributed by atoms with Crippen molar-refractivity contribution in [1.29, 1.82) is 0 Å². The van der Waals surface area contributed by atoms with Crippen molar-refractivity contribution in [2.75, 3.05) is 13.1 Å². The van der Waals surface area contributed by atoms with Crippen molar-refractivity contribution in [3.63, 3.8) is 0 Å². The van der Waals surface area contributed by atoms with E-state index in [0.29, 0.717) is 23.9 Å². The van der Waals surface area contributed by atoms with Crippen LogP contribution in [0.2, 0.25) is 0 Å². The summed E-state index contributed by atoms with van der Waals surface area (Å²) in [5.74, 6) is 0.706. The molecule has 0 aromatic carbocycles. The van der Waals surface area contributed by atoms with E-state index in [4.69, 9.17) is 5.73 Å². The van der Waals surface area contributed by atoms with Crippen LogP contribution in [0, 0.1) is 5.92 Å². The summed E-state index contributed by atoms with van der Waals surface area (Å²) >= 11 is 0. The van der Waals surface area contributed by atoms with E-state index in [-0.39, 0.29) is 12.1 Å². The van der Waals surface area contributed by atoms with Gasteiger partial charge in [0.2, 0.25) is 5.91 Å². The molecule has 2 saturated heterocycles. The van der Waals surface area contributed by atoms with Gasteiger partial charge in [0.15, 0.2) is 0 Å². The molecule has 2 aliphatic heterocycles. The molecule has 5 atom stereocenters. The van der Waals surface area contributed by atoms with Gasteiger partial charge >= 0.3 is 0 Å². The molecule has 19 heavy (non-hydrogen) atoms. The van der Waals surface area contributed by atoms with Crippen LogP contribution in [0.5, 0.6) is 0 Å². The van der Waals surface area contributed by atoms with E-state index in [0.717, 1.165) is 19.5 Å². The van der Waals surface area contributed by atoms with Crippen molar-refractivity contribution in [1.82, 2.24) is 9.80 Å². The van der Waals surface area contributed by atoms with Gasteiger partial charge in [-0.05, 0) is 46.0 Å². The highest BCUT2D eigenvalue weighted by atomic mass is 16.2. The average Bonchev–Trinajstić information content (AvgIpc) is 2.71. The number of carbonyl (C=O) groups is 1. The van der Waals surface area contributed by atoms with Gasteiger partial charge < -0.3 is 10.6 Å². The maximum absolute atomic E-state index is 12.7. The van der Waals surface area contributed by atoms with Crippen LogP contribution in [-0.2, 0) is 4.79 Å².